The average Bonchev–Trinajstić information content (AvgIpc) is 3.30. The fourth-order valence-electron chi connectivity index (χ4n) is 3.80. The van der Waals surface area contributed by atoms with Gasteiger partial charge in [0.1, 0.15) is 11.4 Å². The lowest BCUT2D eigenvalue weighted by atomic mass is 10.2. The second kappa shape index (κ2) is 15.1. The Morgan fingerprint density at radius 1 is 1.07 bits per heavy atom. The number of unbranched alkanes of at least 4 members (excludes halogenated alkanes) is 1. The lowest BCUT2D eigenvalue weighted by Crippen LogP contribution is -2.29. The van der Waals surface area contributed by atoms with Crippen molar-refractivity contribution in [2.45, 2.75) is 65.5 Å². The van der Waals surface area contributed by atoms with Crippen molar-refractivity contribution in [1.29, 1.82) is 0 Å². The van der Waals surface area contributed by atoms with Gasteiger partial charge in [0.15, 0.2) is 16.6 Å². The van der Waals surface area contributed by atoms with Crippen LogP contribution in [-0.2, 0) is 17.7 Å². The van der Waals surface area contributed by atoms with E-state index >= 15 is 0 Å². The van der Waals surface area contributed by atoms with Gasteiger partial charge in [-0.25, -0.2) is 14.8 Å². The largest absolute Gasteiger partial charge is 0.493 e. The molecule has 3 rings (SSSR count). The first-order valence-electron chi connectivity index (χ1n) is 13.4. The number of ether oxygens (including phenoxy) is 3. The van der Waals surface area contributed by atoms with Crippen molar-refractivity contribution in [2.75, 3.05) is 30.9 Å². The number of aromatic nitrogens is 3. The third-order valence-corrected chi connectivity index (χ3v) is 5.97. The molecule has 2 heterocycles. The number of carbonyl (C=O) groups is 1. The molecule has 11 heteroatoms. The fraction of sp³-hybridized carbons (Fsp3) is 0.448. The summed E-state index contributed by atoms with van der Waals surface area (Å²) in [7, 11) is 1.62. The van der Waals surface area contributed by atoms with Crippen molar-refractivity contribution in [1.82, 2.24) is 19.9 Å². The number of benzene rings is 1. The Kier molecular flexibility index (Phi) is 11.6. The number of nitrogens with one attached hydrogen (secondary N) is 3. The fourth-order valence-corrected chi connectivity index (χ4v) is 4.02. The SMILES string of the molecule is COc1cc(NC(=S)NCCCn2cncc2C)ccc1OCCCCc1cccc(NC(=O)OC(C)(C)C)n1. The Morgan fingerprint density at radius 2 is 1.90 bits per heavy atom. The van der Waals surface area contributed by atoms with Crippen molar-refractivity contribution in [3.05, 3.63) is 60.3 Å². The van der Waals surface area contributed by atoms with E-state index in [4.69, 9.17) is 26.4 Å². The van der Waals surface area contributed by atoms with E-state index in [2.05, 4.69) is 30.5 Å². The number of thiocarbonyl (C=S) groups is 1. The molecule has 0 saturated heterocycles. The highest BCUT2D eigenvalue weighted by Gasteiger charge is 2.16. The van der Waals surface area contributed by atoms with E-state index in [1.54, 1.807) is 13.2 Å². The minimum Gasteiger partial charge on any atom is -0.493 e. The molecule has 2 aromatic heterocycles. The quantitative estimate of drug-likeness (QED) is 0.176. The first-order valence-corrected chi connectivity index (χ1v) is 13.8. The maximum Gasteiger partial charge on any atom is 0.413 e. The Hall–Kier alpha value is -3.86. The van der Waals surface area contributed by atoms with Gasteiger partial charge in [-0.2, -0.15) is 0 Å². The van der Waals surface area contributed by atoms with Crippen molar-refractivity contribution < 1.29 is 19.0 Å². The van der Waals surface area contributed by atoms with Crippen LogP contribution < -0.4 is 25.4 Å². The topological polar surface area (TPSA) is 112 Å². The first kappa shape index (κ1) is 30.7. The number of pyridine rings is 1. The number of aryl methyl sites for hydroxylation is 3. The van der Waals surface area contributed by atoms with Crippen LogP contribution in [0.25, 0.3) is 0 Å². The second-order valence-corrected chi connectivity index (χ2v) is 10.7. The van der Waals surface area contributed by atoms with Crippen molar-refractivity contribution in [3.63, 3.8) is 0 Å². The van der Waals surface area contributed by atoms with Gasteiger partial charge >= 0.3 is 6.09 Å². The average molecular weight is 569 g/mol. The second-order valence-electron chi connectivity index (χ2n) is 10.3. The summed E-state index contributed by atoms with van der Waals surface area (Å²) in [6.07, 6.45) is 6.58. The summed E-state index contributed by atoms with van der Waals surface area (Å²) < 4.78 is 18.9. The minimum absolute atomic E-state index is 0.473. The van der Waals surface area contributed by atoms with Crippen LogP contribution >= 0.6 is 12.2 Å². The molecule has 0 radical (unpaired) electrons. The number of hydrogen-bond acceptors (Lipinski definition) is 7. The van der Waals surface area contributed by atoms with Crippen molar-refractivity contribution in [2.24, 2.45) is 0 Å². The maximum absolute atomic E-state index is 12.0. The molecule has 1 amide bonds. The number of rotatable bonds is 13. The van der Waals surface area contributed by atoms with Crippen LogP contribution in [0.4, 0.5) is 16.3 Å². The molecule has 3 N–H and O–H groups in total. The lowest BCUT2D eigenvalue weighted by Gasteiger charge is -2.19. The zero-order chi connectivity index (χ0) is 29.0. The van der Waals surface area contributed by atoms with E-state index in [9.17, 15) is 4.79 Å². The molecule has 0 atom stereocenters. The number of anilines is 2. The standard InChI is InChI=1S/C29H40N6O4S/c1-21-19-30-20-35(21)16-9-15-31-27(40)33-23-13-14-24(25(18-23)37-5)38-17-7-6-10-22-11-8-12-26(32-22)34-28(36)39-29(2,3)4/h8,11-14,18-20H,6-7,9-10,15-17H2,1-5H3,(H2,31,33,40)(H,32,34,36). The van der Waals surface area contributed by atoms with E-state index in [-0.39, 0.29) is 0 Å². The molecule has 0 aliphatic carbocycles. The summed E-state index contributed by atoms with van der Waals surface area (Å²) in [5.41, 5.74) is 2.29. The molecule has 10 nitrogen and oxygen atoms in total. The molecule has 1 aromatic carbocycles. The predicted molar refractivity (Wildman–Crippen MR) is 161 cm³/mol. The molecule has 0 spiro atoms. The summed E-state index contributed by atoms with van der Waals surface area (Å²) in [6, 6.07) is 11.2. The van der Waals surface area contributed by atoms with Crippen LogP contribution in [0, 0.1) is 6.92 Å². The number of amides is 1. The van der Waals surface area contributed by atoms with Gasteiger partial charge in [0.2, 0.25) is 0 Å². The van der Waals surface area contributed by atoms with Crippen LogP contribution in [0.15, 0.2) is 48.9 Å². The van der Waals surface area contributed by atoms with Gasteiger partial charge in [0.25, 0.3) is 0 Å². The van der Waals surface area contributed by atoms with Gasteiger partial charge in [-0.15, -0.1) is 0 Å². The summed E-state index contributed by atoms with van der Waals surface area (Å²) in [4.78, 5) is 20.6. The van der Waals surface area contributed by atoms with E-state index in [0.29, 0.717) is 29.0 Å². The summed E-state index contributed by atoms with van der Waals surface area (Å²) in [5, 5.41) is 9.66. The van der Waals surface area contributed by atoms with Gasteiger partial charge in [-0.05, 0) is 89.9 Å². The monoisotopic (exact) mass is 568 g/mol. The highest BCUT2D eigenvalue weighted by atomic mass is 32.1. The number of methoxy groups -OCH3 is 1. The number of nitrogens with zero attached hydrogens (tertiary/aromatic N) is 3. The first-order chi connectivity index (χ1) is 19.1. The van der Waals surface area contributed by atoms with Crippen molar-refractivity contribution >= 4 is 34.9 Å². The number of carbonyl (C=O) groups excluding carboxylic acids is 1. The summed E-state index contributed by atoms with van der Waals surface area (Å²) >= 11 is 5.43. The van der Waals surface area contributed by atoms with Crippen LogP contribution in [-0.4, -0.2) is 51.6 Å². The highest BCUT2D eigenvalue weighted by molar-refractivity contribution is 7.80. The van der Waals surface area contributed by atoms with Gasteiger partial charge in [0.05, 0.1) is 20.0 Å². The maximum atomic E-state index is 12.0. The van der Waals surface area contributed by atoms with Crippen LogP contribution in [0.2, 0.25) is 0 Å². The molecule has 0 saturated carbocycles. The van der Waals surface area contributed by atoms with Gasteiger partial charge < -0.3 is 29.4 Å². The highest BCUT2D eigenvalue weighted by Crippen LogP contribution is 2.30. The number of hydrogen-bond donors (Lipinski definition) is 3. The molecule has 40 heavy (non-hydrogen) atoms. The normalized spacial score (nSPS) is 11.0. The molecule has 0 fully saturated rings. The van der Waals surface area contributed by atoms with Gasteiger partial charge in [-0.3, -0.25) is 5.32 Å². The Balaban J connectivity index is 1.37. The van der Waals surface area contributed by atoms with Crippen LogP contribution in [0.3, 0.4) is 0 Å². The van der Waals surface area contributed by atoms with Crippen LogP contribution in [0.1, 0.15) is 51.4 Å². The zero-order valence-electron chi connectivity index (χ0n) is 24.0. The van der Waals surface area contributed by atoms with Crippen LogP contribution in [0.5, 0.6) is 11.5 Å². The smallest absolute Gasteiger partial charge is 0.413 e. The van der Waals surface area contributed by atoms with E-state index in [1.807, 2.05) is 70.6 Å². The molecule has 0 aliphatic heterocycles. The molecule has 0 unspecified atom stereocenters. The minimum atomic E-state index is -0.563. The lowest BCUT2D eigenvalue weighted by molar-refractivity contribution is 0.0635. The van der Waals surface area contributed by atoms with E-state index < -0.39 is 11.7 Å². The molecular formula is C29H40N6O4S. The Morgan fingerprint density at radius 3 is 2.62 bits per heavy atom. The molecular weight excluding hydrogens is 528 g/mol. The predicted octanol–water partition coefficient (Wildman–Crippen LogP) is 5.72. The molecule has 3 aromatic rings. The zero-order valence-corrected chi connectivity index (χ0v) is 24.8. The summed E-state index contributed by atoms with van der Waals surface area (Å²) in [5.74, 6) is 1.77. The Labute approximate surface area is 241 Å². The third-order valence-electron chi connectivity index (χ3n) is 5.72. The molecule has 216 valence electrons. The molecule has 0 bridgehead atoms. The van der Waals surface area contributed by atoms with Gasteiger partial charge in [-0.1, -0.05) is 6.07 Å². The number of imidazole rings is 1. The molecule has 0 aliphatic rings. The Bertz CT molecular complexity index is 1260. The van der Waals surface area contributed by atoms with Gasteiger partial charge in [0, 0.05) is 42.4 Å². The van der Waals surface area contributed by atoms with Crippen molar-refractivity contribution in [3.8, 4) is 11.5 Å². The van der Waals surface area contributed by atoms with E-state index in [0.717, 1.165) is 55.8 Å². The summed E-state index contributed by atoms with van der Waals surface area (Å²) in [6.45, 7) is 9.68. The van der Waals surface area contributed by atoms with E-state index in [1.165, 1.54) is 0 Å². The third kappa shape index (κ3) is 10.7.